The van der Waals surface area contributed by atoms with Gasteiger partial charge in [0.1, 0.15) is 11.4 Å². The summed E-state index contributed by atoms with van der Waals surface area (Å²) in [5.74, 6) is -1.38. The first kappa shape index (κ1) is 19.1. The number of fused-ring (bicyclic) bond motifs is 1. The number of carbonyl (C=O) groups is 2. The summed E-state index contributed by atoms with van der Waals surface area (Å²) in [6.45, 7) is 8.26. The number of nitrogens with zero attached hydrogens (tertiary/aromatic N) is 3. The Morgan fingerprint density at radius 1 is 1.30 bits per heavy atom. The number of hydrogen-bond donors (Lipinski definition) is 0. The molecule has 0 aliphatic carbocycles. The zero-order valence-corrected chi connectivity index (χ0v) is 16.2. The van der Waals surface area contributed by atoms with E-state index in [1.54, 1.807) is 16.5 Å². The van der Waals surface area contributed by atoms with E-state index < -0.39 is 17.4 Å². The average Bonchev–Trinajstić information content (AvgIpc) is 3.17. The van der Waals surface area contributed by atoms with Crippen molar-refractivity contribution in [1.82, 2.24) is 14.7 Å². The lowest BCUT2D eigenvalue weighted by molar-refractivity contribution is 0.0288. The molecule has 1 aromatic carbocycles. The Hall–Kier alpha value is -2.64. The quantitative estimate of drug-likeness (QED) is 0.750. The van der Waals surface area contributed by atoms with Gasteiger partial charge in [0.2, 0.25) is 0 Å². The molecule has 0 bridgehead atoms. The zero-order chi connectivity index (χ0) is 19.9. The van der Waals surface area contributed by atoms with Crippen LogP contribution in [0.2, 0.25) is 0 Å². The summed E-state index contributed by atoms with van der Waals surface area (Å²) in [6.07, 6.45) is 0.327. The van der Waals surface area contributed by atoms with Crippen LogP contribution >= 0.6 is 0 Å². The number of likely N-dealkylation sites (tertiary alicyclic amines) is 1. The van der Waals surface area contributed by atoms with Crippen LogP contribution in [0, 0.1) is 12.7 Å². The Kier molecular flexibility index (Phi) is 4.84. The Morgan fingerprint density at radius 3 is 2.63 bits per heavy atom. The number of benzene rings is 1. The van der Waals surface area contributed by atoms with Gasteiger partial charge in [-0.05, 0) is 40.2 Å². The van der Waals surface area contributed by atoms with Crippen molar-refractivity contribution in [2.45, 2.75) is 45.8 Å². The maximum absolute atomic E-state index is 14.4. The molecule has 3 rings (SSSR count). The SMILES string of the molecule is COC(=O)c1cc2c(C)nn([C@@H]3CCN(C(=O)OC(C)(C)C)C3)c2cc1F. The van der Waals surface area contributed by atoms with Crippen LogP contribution in [0.5, 0.6) is 0 Å². The van der Waals surface area contributed by atoms with E-state index in [9.17, 15) is 14.0 Å². The summed E-state index contributed by atoms with van der Waals surface area (Å²) >= 11 is 0. The van der Waals surface area contributed by atoms with Gasteiger partial charge in [-0.25, -0.2) is 14.0 Å². The van der Waals surface area contributed by atoms with E-state index in [0.29, 0.717) is 36.1 Å². The predicted octanol–water partition coefficient (Wildman–Crippen LogP) is 3.45. The number of carbonyl (C=O) groups excluding carboxylic acids is 2. The molecule has 146 valence electrons. The number of rotatable bonds is 2. The molecule has 1 aliphatic heterocycles. The lowest BCUT2D eigenvalue weighted by Crippen LogP contribution is -2.35. The number of aromatic nitrogens is 2. The number of methoxy groups -OCH3 is 1. The van der Waals surface area contributed by atoms with Gasteiger partial charge in [0.15, 0.2) is 0 Å². The van der Waals surface area contributed by atoms with Crippen molar-refractivity contribution in [2.24, 2.45) is 0 Å². The summed E-state index contributed by atoms with van der Waals surface area (Å²) in [4.78, 5) is 25.6. The van der Waals surface area contributed by atoms with Crippen LogP contribution in [0.25, 0.3) is 10.9 Å². The molecule has 2 aromatic rings. The predicted molar refractivity (Wildman–Crippen MR) is 97.2 cm³/mol. The molecule has 1 aromatic heterocycles. The van der Waals surface area contributed by atoms with Gasteiger partial charge in [0, 0.05) is 24.5 Å². The molecule has 1 fully saturated rings. The molecule has 2 heterocycles. The van der Waals surface area contributed by atoms with Crippen LogP contribution < -0.4 is 0 Å². The molecule has 1 amide bonds. The highest BCUT2D eigenvalue weighted by Crippen LogP contribution is 2.30. The van der Waals surface area contributed by atoms with Crippen molar-refractivity contribution in [2.75, 3.05) is 20.2 Å². The third-order valence-corrected chi connectivity index (χ3v) is 4.55. The van der Waals surface area contributed by atoms with Gasteiger partial charge < -0.3 is 14.4 Å². The zero-order valence-electron chi connectivity index (χ0n) is 16.2. The fourth-order valence-corrected chi connectivity index (χ4v) is 3.29. The minimum atomic E-state index is -0.724. The molecule has 7 nitrogen and oxygen atoms in total. The summed E-state index contributed by atoms with van der Waals surface area (Å²) in [5.41, 5.74) is 0.603. The summed E-state index contributed by atoms with van der Waals surface area (Å²) in [6, 6.07) is 2.69. The highest BCUT2D eigenvalue weighted by molar-refractivity contribution is 5.95. The second kappa shape index (κ2) is 6.83. The van der Waals surface area contributed by atoms with Crippen LogP contribution in [0.3, 0.4) is 0 Å². The topological polar surface area (TPSA) is 73.7 Å². The van der Waals surface area contributed by atoms with Crippen molar-refractivity contribution in [3.8, 4) is 0 Å². The Morgan fingerprint density at radius 2 is 2.00 bits per heavy atom. The van der Waals surface area contributed by atoms with E-state index in [1.807, 2.05) is 20.8 Å². The van der Waals surface area contributed by atoms with Gasteiger partial charge >= 0.3 is 12.1 Å². The van der Waals surface area contributed by atoms with E-state index in [2.05, 4.69) is 9.84 Å². The first-order chi connectivity index (χ1) is 12.6. The van der Waals surface area contributed by atoms with Crippen LogP contribution in [0.1, 0.15) is 49.3 Å². The van der Waals surface area contributed by atoms with Crippen molar-refractivity contribution in [1.29, 1.82) is 0 Å². The highest BCUT2D eigenvalue weighted by atomic mass is 19.1. The fraction of sp³-hybridized carbons (Fsp3) is 0.526. The van der Waals surface area contributed by atoms with Crippen LogP contribution in [0.15, 0.2) is 12.1 Å². The van der Waals surface area contributed by atoms with Crippen molar-refractivity contribution >= 4 is 23.0 Å². The van der Waals surface area contributed by atoms with Crippen molar-refractivity contribution in [3.63, 3.8) is 0 Å². The van der Waals surface area contributed by atoms with Gasteiger partial charge in [-0.15, -0.1) is 0 Å². The lowest BCUT2D eigenvalue weighted by atomic mass is 10.1. The number of amides is 1. The van der Waals surface area contributed by atoms with E-state index in [-0.39, 0.29) is 17.7 Å². The number of hydrogen-bond acceptors (Lipinski definition) is 5. The Balaban J connectivity index is 1.89. The first-order valence-electron chi connectivity index (χ1n) is 8.85. The summed E-state index contributed by atoms with van der Waals surface area (Å²) in [5, 5.41) is 5.21. The second-order valence-electron chi connectivity index (χ2n) is 7.74. The molecule has 8 heteroatoms. The van der Waals surface area contributed by atoms with Crippen molar-refractivity contribution < 1.29 is 23.5 Å². The van der Waals surface area contributed by atoms with Gasteiger partial charge in [0.05, 0.1) is 29.9 Å². The first-order valence-corrected chi connectivity index (χ1v) is 8.85. The van der Waals surface area contributed by atoms with Gasteiger partial charge in [0.25, 0.3) is 0 Å². The monoisotopic (exact) mass is 377 g/mol. The molecule has 27 heavy (non-hydrogen) atoms. The van der Waals surface area contributed by atoms with Crippen LogP contribution in [-0.4, -0.2) is 52.5 Å². The largest absolute Gasteiger partial charge is 0.465 e. The molecular weight excluding hydrogens is 353 g/mol. The Bertz CT molecular complexity index is 900. The minimum Gasteiger partial charge on any atom is -0.465 e. The van der Waals surface area contributed by atoms with E-state index in [0.717, 1.165) is 0 Å². The maximum Gasteiger partial charge on any atom is 0.410 e. The molecule has 0 saturated carbocycles. The maximum atomic E-state index is 14.4. The van der Waals surface area contributed by atoms with E-state index >= 15 is 0 Å². The average molecular weight is 377 g/mol. The summed E-state index contributed by atoms with van der Waals surface area (Å²) in [7, 11) is 1.21. The third kappa shape index (κ3) is 3.74. The van der Waals surface area contributed by atoms with Gasteiger partial charge in [-0.2, -0.15) is 5.10 Å². The normalized spacial score (nSPS) is 17.4. The van der Waals surface area contributed by atoms with Crippen molar-refractivity contribution in [3.05, 3.63) is 29.2 Å². The number of aryl methyl sites for hydroxylation is 1. The molecule has 0 unspecified atom stereocenters. The fourth-order valence-electron chi connectivity index (χ4n) is 3.29. The smallest absolute Gasteiger partial charge is 0.410 e. The molecule has 0 spiro atoms. The molecule has 0 radical (unpaired) electrons. The van der Waals surface area contributed by atoms with E-state index in [1.165, 1.54) is 19.2 Å². The summed E-state index contributed by atoms with van der Waals surface area (Å²) < 4.78 is 26.2. The Labute approximate surface area is 157 Å². The molecule has 1 saturated heterocycles. The molecule has 0 N–H and O–H groups in total. The van der Waals surface area contributed by atoms with Gasteiger partial charge in [-0.1, -0.05) is 0 Å². The number of halogens is 1. The molecule has 1 atom stereocenters. The highest BCUT2D eigenvalue weighted by Gasteiger charge is 2.32. The second-order valence-corrected chi connectivity index (χ2v) is 7.74. The van der Waals surface area contributed by atoms with Gasteiger partial charge in [-0.3, -0.25) is 4.68 Å². The molecule has 1 aliphatic rings. The van der Waals surface area contributed by atoms with Crippen LogP contribution in [0.4, 0.5) is 9.18 Å². The standard InChI is InChI=1S/C19H24FN3O4/c1-11-13-8-14(17(24)26-5)15(20)9-16(13)23(21-11)12-6-7-22(10-12)18(25)27-19(2,3)4/h8-9,12H,6-7,10H2,1-5H3/t12-/m1/s1. The van der Waals surface area contributed by atoms with E-state index in [4.69, 9.17) is 4.74 Å². The lowest BCUT2D eigenvalue weighted by Gasteiger charge is -2.24. The molecular formula is C19H24FN3O4. The minimum absolute atomic E-state index is 0.0860. The third-order valence-electron chi connectivity index (χ3n) is 4.55. The number of esters is 1. The number of ether oxygens (including phenoxy) is 2. The van der Waals surface area contributed by atoms with Crippen LogP contribution in [-0.2, 0) is 9.47 Å².